The minimum Gasteiger partial charge on any atom is -0.384 e. The second kappa shape index (κ2) is 15.0. The first-order valence-electron chi connectivity index (χ1n) is 14.8. The number of nitrogens with one attached hydrogen (secondary N) is 1. The van der Waals surface area contributed by atoms with Crippen molar-refractivity contribution in [2.75, 3.05) is 5.73 Å². The molecule has 5 heterocycles. The number of H-pyrrole nitrogens is 1. The Kier molecular flexibility index (Phi) is 10.7. The van der Waals surface area contributed by atoms with E-state index in [9.17, 15) is 9.59 Å². The fourth-order valence-electron chi connectivity index (χ4n) is 5.87. The first-order chi connectivity index (χ1) is 20.7. The van der Waals surface area contributed by atoms with Crippen molar-refractivity contribution in [2.45, 2.75) is 70.1 Å². The standard InChI is InChI=1S/C16H17N3S.C9H14O2.C7H7N3S/c1-2-4-12(5-3-1)14-8-17-16-15(9-18-19(16)10-14)13-6-7-20-11-13;10-6-9(7-11)8-4-2-1-3-5-8;8-7-6(3-9-10-7)5-1-2-11-4-5/h6-12H,1-5H2;6-9H,1-5H2;1-4H,(H3,8,9,10). The molecule has 0 saturated heterocycles. The molecule has 0 amide bonds. The molecule has 2 aliphatic carbocycles. The average Bonchev–Trinajstić information content (AvgIpc) is 3.87. The Morgan fingerprint density at radius 1 is 0.857 bits per heavy atom. The molecule has 3 N–H and O–H groups in total. The maximum atomic E-state index is 10.4. The van der Waals surface area contributed by atoms with E-state index in [0.29, 0.717) is 17.7 Å². The van der Waals surface area contributed by atoms with Gasteiger partial charge >= 0.3 is 0 Å². The van der Waals surface area contributed by atoms with Crippen LogP contribution in [0.3, 0.4) is 0 Å². The second-order valence-corrected chi connectivity index (χ2v) is 12.6. The summed E-state index contributed by atoms with van der Waals surface area (Å²) in [7, 11) is 0. The lowest BCUT2D eigenvalue weighted by Crippen LogP contribution is -2.20. The number of nitrogens with two attached hydrogens (primary N) is 1. The van der Waals surface area contributed by atoms with Crippen LogP contribution < -0.4 is 5.73 Å². The number of nitrogen functional groups attached to an aromatic ring is 1. The van der Waals surface area contributed by atoms with Gasteiger partial charge < -0.3 is 15.3 Å². The summed E-state index contributed by atoms with van der Waals surface area (Å²) in [5, 5.41) is 19.3. The van der Waals surface area contributed by atoms with Crippen LogP contribution in [0.2, 0.25) is 0 Å². The van der Waals surface area contributed by atoms with Crippen LogP contribution in [0.15, 0.2) is 58.4 Å². The number of aldehydes is 2. The third-order valence-electron chi connectivity index (χ3n) is 8.29. The monoisotopic (exact) mass is 602 g/mol. The van der Waals surface area contributed by atoms with Crippen LogP contribution in [0.4, 0.5) is 5.82 Å². The maximum absolute atomic E-state index is 10.4. The van der Waals surface area contributed by atoms with Gasteiger partial charge in [0.05, 0.1) is 18.3 Å². The Labute approximate surface area is 254 Å². The molecule has 0 unspecified atom stereocenters. The van der Waals surface area contributed by atoms with Crippen LogP contribution >= 0.6 is 22.7 Å². The molecule has 0 atom stereocenters. The summed E-state index contributed by atoms with van der Waals surface area (Å²) in [4.78, 5) is 25.5. The topological polar surface area (TPSA) is 119 Å². The van der Waals surface area contributed by atoms with E-state index < -0.39 is 0 Å². The van der Waals surface area contributed by atoms with Crippen molar-refractivity contribution in [3.63, 3.8) is 0 Å². The minimum absolute atomic E-state index is 0.324. The minimum atomic E-state index is -0.324. The van der Waals surface area contributed by atoms with Crippen molar-refractivity contribution in [2.24, 2.45) is 11.8 Å². The van der Waals surface area contributed by atoms with E-state index in [1.807, 2.05) is 27.5 Å². The van der Waals surface area contributed by atoms with E-state index in [-0.39, 0.29) is 5.92 Å². The zero-order valence-corrected chi connectivity index (χ0v) is 25.4. The number of thiophene rings is 2. The van der Waals surface area contributed by atoms with Gasteiger partial charge in [-0.2, -0.15) is 32.9 Å². The van der Waals surface area contributed by atoms with Crippen LogP contribution in [0.25, 0.3) is 27.9 Å². The number of rotatable bonds is 6. The van der Waals surface area contributed by atoms with E-state index in [4.69, 9.17) is 5.73 Å². The van der Waals surface area contributed by atoms with Gasteiger partial charge in [-0.1, -0.05) is 38.5 Å². The van der Waals surface area contributed by atoms with Gasteiger partial charge in [-0.3, -0.25) is 5.10 Å². The summed E-state index contributed by atoms with van der Waals surface area (Å²) in [6, 6.07) is 4.14. The predicted molar refractivity (Wildman–Crippen MR) is 171 cm³/mol. The molecule has 220 valence electrons. The predicted octanol–water partition coefficient (Wildman–Crippen LogP) is 7.81. The molecule has 10 heteroatoms. The first kappa shape index (κ1) is 29.8. The van der Waals surface area contributed by atoms with E-state index in [0.717, 1.165) is 47.8 Å². The molecule has 0 bridgehead atoms. The highest BCUT2D eigenvalue weighted by Crippen LogP contribution is 2.33. The van der Waals surface area contributed by atoms with Crippen molar-refractivity contribution < 1.29 is 9.59 Å². The Hall–Kier alpha value is -3.63. The third kappa shape index (κ3) is 7.41. The van der Waals surface area contributed by atoms with Crippen molar-refractivity contribution in [3.05, 3.63) is 64.0 Å². The van der Waals surface area contributed by atoms with Crippen molar-refractivity contribution in [1.82, 2.24) is 24.8 Å². The Bertz CT molecular complexity index is 1510. The molecule has 2 saturated carbocycles. The normalized spacial score (nSPS) is 15.9. The number of hydrogen-bond donors (Lipinski definition) is 2. The zero-order valence-electron chi connectivity index (χ0n) is 23.7. The largest absolute Gasteiger partial charge is 0.384 e. The molecule has 8 nitrogen and oxygen atoms in total. The van der Waals surface area contributed by atoms with Gasteiger partial charge in [0, 0.05) is 23.5 Å². The summed E-state index contributed by atoms with van der Waals surface area (Å²) in [6.07, 6.45) is 21.9. The van der Waals surface area contributed by atoms with Gasteiger partial charge in [0.1, 0.15) is 18.4 Å². The molecular weight excluding hydrogens is 565 g/mol. The van der Waals surface area contributed by atoms with Gasteiger partial charge in [-0.15, -0.1) is 0 Å². The number of hydrogen-bond acceptors (Lipinski definition) is 8. The van der Waals surface area contributed by atoms with Crippen molar-refractivity contribution >= 4 is 46.7 Å². The number of fused-ring (bicyclic) bond motifs is 1. The molecule has 0 spiro atoms. The summed E-state index contributed by atoms with van der Waals surface area (Å²) in [5.41, 5.74) is 12.4. The molecule has 5 aromatic rings. The maximum Gasteiger partial charge on any atom is 0.162 e. The van der Waals surface area contributed by atoms with E-state index >= 15 is 0 Å². The smallest absolute Gasteiger partial charge is 0.162 e. The SMILES string of the molecule is Nc1[nH]ncc1-c1ccsc1.O=CC(C=O)C1CCCCC1.c1cc(-c2cnn3cc(C4CCCCC4)cnc23)cs1. The Morgan fingerprint density at radius 3 is 2.07 bits per heavy atom. The van der Waals surface area contributed by atoms with Crippen LogP contribution in [0.5, 0.6) is 0 Å². The Morgan fingerprint density at radius 2 is 1.50 bits per heavy atom. The molecular formula is C32H38N6O2S2. The molecule has 0 radical (unpaired) electrons. The van der Waals surface area contributed by atoms with Crippen LogP contribution in [0.1, 0.15) is 75.7 Å². The second-order valence-electron chi connectivity index (χ2n) is 11.0. The van der Waals surface area contributed by atoms with E-state index in [1.165, 1.54) is 62.5 Å². The highest BCUT2D eigenvalue weighted by molar-refractivity contribution is 7.08. The highest BCUT2D eigenvalue weighted by Gasteiger charge is 2.22. The number of anilines is 1. The van der Waals surface area contributed by atoms with Gasteiger partial charge in [0.25, 0.3) is 0 Å². The average molecular weight is 603 g/mol. The lowest BCUT2D eigenvalue weighted by atomic mass is 9.81. The van der Waals surface area contributed by atoms with Gasteiger partial charge in [0.2, 0.25) is 0 Å². The fourth-order valence-corrected chi connectivity index (χ4v) is 7.19. The first-order valence-corrected chi connectivity index (χ1v) is 16.6. The zero-order chi connectivity index (χ0) is 29.1. The molecule has 5 aromatic heterocycles. The quantitative estimate of drug-likeness (QED) is 0.151. The third-order valence-corrected chi connectivity index (χ3v) is 9.66. The highest BCUT2D eigenvalue weighted by atomic mass is 32.1. The molecule has 42 heavy (non-hydrogen) atoms. The summed E-state index contributed by atoms with van der Waals surface area (Å²) < 4.78 is 1.94. The van der Waals surface area contributed by atoms with Crippen molar-refractivity contribution in [1.29, 1.82) is 0 Å². The van der Waals surface area contributed by atoms with Gasteiger partial charge in [0.15, 0.2) is 5.65 Å². The lowest BCUT2D eigenvalue weighted by molar-refractivity contribution is -0.121. The van der Waals surface area contributed by atoms with Crippen LogP contribution in [-0.4, -0.2) is 37.4 Å². The summed E-state index contributed by atoms with van der Waals surface area (Å²) in [5.74, 6) is 1.33. The van der Waals surface area contributed by atoms with E-state index in [1.54, 1.807) is 28.9 Å². The van der Waals surface area contributed by atoms with Gasteiger partial charge in [-0.05, 0) is 87.9 Å². The summed E-state index contributed by atoms with van der Waals surface area (Å²) in [6.45, 7) is 0. The number of aromatic amines is 1. The number of carbonyl (C=O) groups excluding carboxylic acids is 2. The molecule has 7 rings (SSSR count). The van der Waals surface area contributed by atoms with E-state index in [2.05, 4.69) is 49.5 Å². The molecule has 2 aliphatic rings. The Balaban J connectivity index is 0.000000137. The number of aromatic nitrogens is 5. The summed E-state index contributed by atoms with van der Waals surface area (Å²) >= 11 is 3.36. The number of carbonyl (C=O) groups is 2. The van der Waals surface area contributed by atoms with Crippen LogP contribution in [-0.2, 0) is 9.59 Å². The van der Waals surface area contributed by atoms with Crippen molar-refractivity contribution in [3.8, 4) is 22.3 Å². The molecule has 0 aromatic carbocycles. The lowest BCUT2D eigenvalue weighted by Gasteiger charge is -2.22. The molecule has 2 fully saturated rings. The molecule has 0 aliphatic heterocycles. The van der Waals surface area contributed by atoms with Crippen LogP contribution in [0, 0.1) is 11.8 Å². The number of nitrogens with zero attached hydrogens (tertiary/aromatic N) is 4. The fraction of sp³-hybridized carbons (Fsp3) is 0.406. The van der Waals surface area contributed by atoms with Gasteiger partial charge in [-0.25, -0.2) is 9.50 Å².